The molecule has 2 unspecified atom stereocenters. The standard InChI is InChI=1S/C25H28N6O6S.Na.H/c1-25(2)19(24(36)37)31-22(35)18(23(31)38-25)30-21(34)17(12-6-4-3-5-7-12)29-16(33)11-28-20(27)13-8-9-15(32)14(26)10-13;;/h3-10,17-19,23,32H,11,26H2,1-2H3,(H2,27,28)(H,29,33)(H,30,34)(H,36,37);;/t17?,18?,19-,23+;;/m0../s1. The number of carbonyl (C=O) groups is 4. The number of nitrogens with two attached hydrogens (primary N) is 1. The first kappa shape index (κ1) is 30.3. The summed E-state index contributed by atoms with van der Waals surface area (Å²) in [5.74, 6) is -3.04. The number of carbonyl (C=O) groups excluding carboxylic acids is 3. The van der Waals surface area contributed by atoms with E-state index in [0.717, 1.165) is 0 Å². The predicted molar refractivity (Wildman–Crippen MR) is 147 cm³/mol. The van der Waals surface area contributed by atoms with Gasteiger partial charge in [0.05, 0.1) is 12.2 Å². The minimum absolute atomic E-state index is 0. The van der Waals surface area contributed by atoms with Crippen LogP contribution >= 0.6 is 11.8 Å². The number of phenols is 1. The molecule has 0 radical (unpaired) electrons. The second kappa shape index (κ2) is 11.9. The molecule has 2 aliphatic rings. The number of aromatic hydroxyl groups is 1. The van der Waals surface area contributed by atoms with E-state index in [0.29, 0.717) is 11.1 Å². The van der Waals surface area contributed by atoms with Crippen LogP contribution in [0.1, 0.15) is 31.0 Å². The molecule has 0 aromatic heterocycles. The maximum absolute atomic E-state index is 13.3. The molecule has 2 heterocycles. The first-order valence-electron chi connectivity index (χ1n) is 11.7. The summed E-state index contributed by atoms with van der Waals surface area (Å²) in [5.41, 5.74) is 6.58. The summed E-state index contributed by atoms with van der Waals surface area (Å²) in [4.78, 5) is 51.9. The molecule has 12 nitrogen and oxygen atoms in total. The third-order valence-electron chi connectivity index (χ3n) is 6.42. The van der Waals surface area contributed by atoms with Crippen molar-refractivity contribution in [2.45, 2.75) is 42.1 Å². The number of hydrogen-bond acceptors (Lipinski definition) is 8. The minimum atomic E-state index is -1.14. The maximum atomic E-state index is 13.3. The van der Waals surface area contributed by atoms with E-state index in [1.54, 1.807) is 44.2 Å². The number of amidine groups is 1. The van der Waals surface area contributed by atoms with Crippen molar-refractivity contribution in [3.8, 4) is 5.75 Å². The van der Waals surface area contributed by atoms with E-state index >= 15 is 0 Å². The number of benzene rings is 2. The number of aliphatic carboxylic acids is 1. The molecule has 0 spiro atoms. The van der Waals surface area contributed by atoms with Crippen molar-refractivity contribution in [2.75, 3.05) is 12.3 Å². The van der Waals surface area contributed by atoms with E-state index in [1.165, 1.54) is 34.9 Å². The van der Waals surface area contributed by atoms with Crippen molar-refractivity contribution in [2.24, 2.45) is 0 Å². The summed E-state index contributed by atoms with van der Waals surface area (Å²) < 4.78 is -0.739. The first-order chi connectivity index (χ1) is 17.9. The monoisotopic (exact) mass is 564 g/mol. The van der Waals surface area contributed by atoms with Gasteiger partial charge in [-0.1, -0.05) is 30.3 Å². The Bertz CT molecular complexity index is 1310. The zero-order valence-electron chi connectivity index (χ0n) is 20.6. The van der Waals surface area contributed by atoms with Gasteiger partial charge in [0.25, 0.3) is 0 Å². The molecule has 8 N–H and O–H groups in total. The number of hydrogen-bond donors (Lipinski definition) is 7. The van der Waals surface area contributed by atoms with Gasteiger partial charge in [-0.05, 0) is 37.6 Å². The predicted octanol–water partition coefficient (Wildman–Crippen LogP) is -0.270. The van der Waals surface area contributed by atoms with Crippen LogP contribution in [0.4, 0.5) is 5.69 Å². The van der Waals surface area contributed by atoms with Crippen molar-refractivity contribution in [3.63, 3.8) is 0 Å². The van der Waals surface area contributed by atoms with Crippen LogP contribution in [0.5, 0.6) is 5.75 Å². The third-order valence-corrected chi connectivity index (χ3v) is 7.99. The van der Waals surface area contributed by atoms with E-state index in [4.69, 9.17) is 11.1 Å². The topological polar surface area (TPSA) is 198 Å². The summed E-state index contributed by atoms with van der Waals surface area (Å²) in [5, 5.41) is 34.7. The fraction of sp³-hybridized carbons (Fsp3) is 0.320. The molecule has 0 aliphatic carbocycles. The van der Waals surface area contributed by atoms with Crippen LogP contribution < -0.4 is 21.7 Å². The molecular weight excluding hydrogens is 535 g/mol. The quantitative estimate of drug-likeness (QED) is 0.0563. The SMILES string of the molecule is CC1(C)S[C@@H]2C(NC(=O)C(NC(=O)CNC(=N)c3ccc(O)c(N)c3)c3ccccc3)C(=O)N2[C@H]1C(=O)O.[NaH]. The number of anilines is 1. The van der Waals surface area contributed by atoms with Gasteiger partial charge in [-0.25, -0.2) is 4.79 Å². The van der Waals surface area contributed by atoms with Crippen molar-refractivity contribution in [1.82, 2.24) is 20.9 Å². The number of amides is 3. The Morgan fingerprint density at radius 2 is 1.85 bits per heavy atom. The Kier molecular flexibility index (Phi) is 9.21. The number of nitrogens with one attached hydrogen (secondary N) is 4. The first-order valence-corrected chi connectivity index (χ1v) is 12.6. The van der Waals surface area contributed by atoms with Gasteiger partial charge in [-0.3, -0.25) is 19.8 Å². The summed E-state index contributed by atoms with van der Waals surface area (Å²) in [6, 6.07) is 9.59. The molecule has 39 heavy (non-hydrogen) atoms. The molecule has 2 fully saturated rings. The zero-order chi connectivity index (χ0) is 27.8. The van der Waals surface area contributed by atoms with Crippen LogP contribution in [0.25, 0.3) is 0 Å². The average Bonchev–Trinajstić information content (AvgIpc) is 3.14. The van der Waals surface area contributed by atoms with Crippen LogP contribution in [0.3, 0.4) is 0 Å². The molecule has 202 valence electrons. The molecule has 4 atom stereocenters. The molecule has 2 aliphatic heterocycles. The average molecular weight is 565 g/mol. The normalized spacial score (nSPS) is 21.4. The summed E-state index contributed by atoms with van der Waals surface area (Å²) in [6.45, 7) is 3.15. The van der Waals surface area contributed by atoms with E-state index < -0.39 is 51.9 Å². The molecule has 3 amide bonds. The Labute approximate surface area is 250 Å². The number of thioether (sulfide) groups is 1. The molecule has 0 saturated carbocycles. The molecule has 4 rings (SSSR count). The van der Waals surface area contributed by atoms with Gasteiger partial charge in [-0.15, -0.1) is 11.8 Å². The Hall–Kier alpha value is -3.26. The van der Waals surface area contributed by atoms with Crippen LogP contribution in [0.15, 0.2) is 48.5 Å². The third kappa shape index (κ3) is 6.16. The number of β-lactam (4-membered cyclic amide) rings is 1. The number of carboxylic acids is 1. The number of nitrogen functional groups attached to an aromatic ring is 1. The second-order valence-electron chi connectivity index (χ2n) is 9.50. The Morgan fingerprint density at radius 1 is 1.18 bits per heavy atom. The molecule has 14 heteroatoms. The van der Waals surface area contributed by atoms with Gasteiger partial charge in [0.15, 0.2) is 0 Å². The zero-order valence-corrected chi connectivity index (χ0v) is 21.4. The number of carboxylic acid groups (broad SMARTS) is 1. The van der Waals surface area contributed by atoms with Crippen LogP contribution in [-0.2, 0) is 19.2 Å². The second-order valence-corrected chi connectivity index (χ2v) is 11.3. The molecule has 2 saturated heterocycles. The van der Waals surface area contributed by atoms with Crippen LogP contribution in [-0.4, -0.2) is 103 Å². The van der Waals surface area contributed by atoms with Crippen LogP contribution in [0, 0.1) is 5.41 Å². The number of nitrogens with zero attached hydrogens (tertiary/aromatic N) is 1. The van der Waals surface area contributed by atoms with Gasteiger partial charge >= 0.3 is 35.5 Å². The van der Waals surface area contributed by atoms with Crippen molar-refractivity contribution < 1.29 is 29.4 Å². The van der Waals surface area contributed by atoms with Crippen molar-refractivity contribution in [1.29, 1.82) is 5.41 Å². The molecule has 2 aromatic carbocycles. The summed E-state index contributed by atoms with van der Waals surface area (Å²) >= 11 is 1.30. The molecule has 2 aromatic rings. The van der Waals surface area contributed by atoms with Gasteiger partial charge in [0, 0.05) is 10.3 Å². The number of fused-ring (bicyclic) bond motifs is 1. The Morgan fingerprint density at radius 3 is 2.46 bits per heavy atom. The molecular formula is C25H29N6NaO6S. The fourth-order valence-electron chi connectivity index (χ4n) is 4.52. The van der Waals surface area contributed by atoms with E-state index in [-0.39, 0.29) is 53.4 Å². The summed E-state index contributed by atoms with van der Waals surface area (Å²) in [7, 11) is 0. The Balaban J connectivity index is 0.00000420. The van der Waals surface area contributed by atoms with Crippen molar-refractivity contribution >= 4 is 76.5 Å². The van der Waals surface area contributed by atoms with Gasteiger partial charge in [-0.2, -0.15) is 0 Å². The van der Waals surface area contributed by atoms with Gasteiger partial charge < -0.3 is 36.8 Å². The van der Waals surface area contributed by atoms with E-state index in [2.05, 4.69) is 16.0 Å². The molecule has 0 bridgehead atoms. The van der Waals surface area contributed by atoms with E-state index in [1.807, 2.05) is 0 Å². The fourth-order valence-corrected chi connectivity index (χ4v) is 6.15. The summed E-state index contributed by atoms with van der Waals surface area (Å²) in [6.07, 6.45) is 0. The van der Waals surface area contributed by atoms with Crippen LogP contribution in [0.2, 0.25) is 0 Å². The van der Waals surface area contributed by atoms with E-state index in [9.17, 15) is 29.4 Å². The van der Waals surface area contributed by atoms with Gasteiger partial charge in [0.2, 0.25) is 17.7 Å². The van der Waals surface area contributed by atoms with Gasteiger partial charge in [0.1, 0.15) is 35.1 Å². The van der Waals surface area contributed by atoms with Crippen molar-refractivity contribution in [3.05, 3.63) is 59.7 Å². The number of rotatable bonds is 8. The number of phenolic OH excluding ortho intramolecular Hbond substituents is 1.